The molecule has 13 heavy (non-hydrogen) atoms. The van der Waals surface area contributed by atoms with Crippen LogP contribution in [0.5, 0.6) is 0 Å². The molecule has 0 amide bonds. The van der Waals surface area contributed by atoms with E-state index in [-0.39, 0.29) is 0 Å². The van der Waals surface area contributed by atoms with Gasteiger partial charge in [0.2, 0.25) is 0 Å². The molecule has 0 fully saturated rings. The van der Waals surface area contributed by atoms with Crippen molar-refractivity contribution in [1.82, 2.24) is 0 Å². The molecule has 0 spiro atoms. The Labute approximate surface area is 83.5 Å². The third kappa shape index (κ3) is 4.66. The molecule has 0 radical (unpaired) electrons. The topological polar surface area (TPSA) is 20.2 Å². The highest BCUT2D eigenvalue weighted by molar-refractivity contribution is 4.83. The Hall–Kier alpha value is -0.0400. The van der Waals surface area contributed by atoms with Gasteiger partial charge in [-0.3, -0.25) is 0 Å². The van der Waals surface area contributed by atoms with Crippen molar-refractivity contribution in [2.75, 3.05) is 0 Å². The van der Waals surface area contributed by atoms with Crippen molar-refractivity contribution >= 4 is 0 Å². The molecule has 80 valence electrons. The summed E-state index contributed by atoms with van der Waals surface area (Å²) in [6.45, 7) is 12.9. The fourth-order valence-corrected chi connectivity index (χ4v) is 1.97. The van der Waals surface area contributed by atoms with Gasteiger partial charge in [0.25, 0.3) is 0 Å². The lowest BCUT2D eigenvalue weighted by atomic mass is 9.77. The molecule has 0 rings (SSSR count). The third-order valence-corrected chi connectivity index (χ3v) is 2.60. The molecular weight excluding hydrogens is 160 g/mol. The molecule has 0 saturated carbocycles. The van der Waals surface area contributed by atoms with Crippen molar-refractivity contribution in [1.29, 1.82) is 0 Å². The van der Waals surface area contributed by atoms with Crippen LogP contribution in [0.15, 0.2) is 0 Å². The lowest BCUT2D eigenvalue weighted by Crippen LogP contribution is -2.37. The summed E-state index contributed by atoms with van der Waals surface area (Å²) in [6, 6.07) is 0. The van der Waals surface area contributed by atoms with Gasteiger partial charge in [0.05, 0.1) is 5.60 Å². The van der Waals surface area contributed by atoms with E-state index in [0.717, 1.165) is 12.8 Å². The van der Waals surface area contributed by atoms with E-state index in [9.17, 15) is 5.11 Å². The summed E-state index contributed by atoms with van der Waals surface area (Å²) >= 11 is 0. The summed E-state index contributed by atoms with van der Waals surface area (Å²) < 4.78 is 0. The van der Waals surface area contributed by atoms with Crippen molar-refractivity contribution in [2.24, 2.45) is 17.8 Å². The van der Waals surface area contributed by atoms with Crippen molar-refractivity contribution < 1.29 is 5.11 Å². The van der Waals surface area contributed by atoms with Crippen molar-refractivity contribution in [3.8, 4) is 0 Å². The van der Waals surface area contributed by atoms with Crippen LogP contribution in [-0.4, -0.2) is 10.7 Å². The first-order chi connectivity index (χ1) is 5.78. The van der Waals surface area contributed by atoms with Gasteiger partial charge in [0, 0.05) is 0 Å². The van der Waals surface area contributed by atoms with Gasteiger partial charge in [0.15, 0.2) is 0 Å². The summed E-state index contributed by atoms with van der Waals surface area (Å²) in [5.41, 5.74) is -0.456. The maximum absolute atomic E-state index is 10.4. The van der Waals surface area contributed by atoms with Gasteiger partial charge in [-0.15, -0.1) is 0 Å². The van der Waals surface area contributed by atoms with E-state index in [1.807, 2.05) is 0 Å². The van der Waals surface area contributed by atoms with Gasteiger partial charge >= 0.3 is 0 Å². The number of aliphatic hydroxyl groups is 1. The summed E-state index contributed by atoms with van der Waals surface area (Å²) in [4.78, 5) is 0. The summed E-state index contributed by atoms with van der Waals surface area (Å²) in [5, 5.41) is 10.4. The van der Waals surface area contributed by atoms with Crippen LogP contribution in [0.4, 0.5) is 0 Å². The van der Waals surface area contributed by atoms with Crippen LogP contribution in [0, 0.1) is 17.8 Å². The molecule has 0 aromatic carbocycles. The second-order valence-corrected chi connectivity index (χ2v) is 5.45. The maximum Gasteiger partial charge on any atom is 0.0675 e. The van der Waals surface area contributed by atoms with Crippen LogP contribution in [0.2, 0.25) is 0 Å². The molecule has 0 saturated heterocycles. The number of hydrogen-bond donors (Lipinski definition) is 1. The standard InChI is InChI=1S/C12H26O/c1-9(2)7-12(13,11(5)6)8-10(3)4/h9-11,13H,7-8H2,1-6H3. The van der Waals surface area contributed by atoms with E-state index in [4.69, 9.17) is 0 Å². The van der Waals surface area contributed by atoms with E-state index < -0.39 is 5.60 Å². The Morgan fingerprint density at radius 1 is 0.846 bits per heavy atom. The Bertz CT molecular complexity index is 126. The smallest absolute Gasteiger partial charge is 0.0675 e. The summed E-state index contributed by atoms with van der Waals surface area (Å²) in [5.74, 6) is 1.51. The van der Waals surface area contributed by atoms with E-state index in [1.165, 1.54) is 0 Å². The van der Waals surface area contributed by atoms with Gasteiger partial charge in [0.1, 0.15) is 0 Å². The van der Waals surface area contributed by atoms with Crippen LogP contribution < -0.4 is 0 Å². The van der Waals surface area contributed by atoms with Crippen LogP contribution in [-0.2, 0) is 0 Å². The molecule has 1 nitrogen and oxygen atoms in total. The molecule has 0 atom stereocenters. The van der Waals surface area contributed by atoms with Crippen LogP contribution in [0.25, 0.3) is 0 Å². The zero-order valence-electron chi connectivity index (χ0n) is 10.1. The Kier molecular flexibility index (Phi) is 4.98. The number of hydrogen-bond acceptors (Lipinski definition) is 1. The van der Waals surface area contributed by atoms with Crippen LogP contribution >= 0.6 is 0 Å². The number of rotatable bonds is 5. The maximum atomic E-state index is 10.4. The molecule has 0 aliphatic carbocycles. The van der Waals surface area contributed by atoms with E-state index in [0.29, 0.717) is 17.8 Å². The normalized spacial score (nSPS) is 13.4. The van der Waals surface area contributed by atoms with Gasteiger partial charge in [-0.2, -0.15) is 0 Å². The zero-order chi connectivity index (χ0) is 10.6. The second-order valence-electron chi connectivity index (χ2n) is 5.45. The van der Waals surface area contributed by atoms with Gasteiger partial charge in [-0.25, -0.2) is 0 Å². The van der Waals surface area contributed by atoms with Gasteiger partial charge < -0.3 is 5.11 Å². The van der Waals surface area contributed by atoms with Crippen molar-refractivity contribution in [3.63, 3.8) is 0 Å². The Morgan fingerprint density at radius 2 is 1.15 bits per heavy atom. The SMILES string of the molecule is CC(C)CC(O)(CC(C)C)C(C)C. The minimum Gasteiger partial charge on any atom is -0.390 e. The monoisotopic (exact) mass is 186 g/mol. The second kappa shape index (κ2) is 4.99. The lowest BCUT2D eigenvalue weighted by molar-refractivity contribution is -0.0401. The average Bonchev–Trinajstić information content (AvgIpc) is 1.82. The summed E-state index contributed by atoms with van der Waals surface area (Å²) in [6.07, 6.45) is 1.84. The minimum absolute atomic E-state index is 0.359. The quantitative estimate of drug-likeness (QED) is 0.697. The molecule has 0 aliphatic heterocycles. The van der Waals surface area contributed by atoms with E-state index in [2.05, 4.69) is 41.5 Å². The van der Waals surface area contributed by atoms with Gasteiger partial charge in [-0.1, -0.05) is 41.5 Å². The molecule has 0 heterocycles. The summed E-state index contributed by atoms with van der Waals surface area (Å²) in [7, 11) is 0. The molecule has 1 N–H and O–H groups in total. The Balaban J connectivity index is 4.34. The molecule has 1 heteroatoms. The molecule has 0 aromatic heterocycles. The third-order valence-electron chi connectivity index (χ3n) is 2.60. The highest BCUT2D eigenvalue weighted by atomic mass is 16.3. The average molecular weight is 186 g/mol. The van der Waals surface area contributed by atoms with Crippen LogP contribution in [0.1, 0.15) is 54.4 Å². The first-order valence-corrected chi connectivity index (χ1v) is 5.50. The minimum atomic E-state index is -0.456. The van der Waals surface area contributed by atoms with Gasteiger partial charge in [-0.05, 0) is 30.6 Å². The Morgan fingerprint density at radius 3 is 1.31 bits per heavy atom. The van der Waals surface area contributed by atoms with Crippen molar-refractivity contribution in [2.45, 2.75) is 60.0 Å². The van der Waals surface area contributed by atoms with Crippen molar-refractivity contribution in [3.05, 3.63) is 0 Å². The first-order valence-electron chi connectivity index (χ1n) is 5.50. The molecule has 0 aliphatic rings. The zero-order valence-corrected chi connectivity index (χ0v) is 10.1. The fourth-order valence-electron chi connectivity index (χ4n) is 1.97. The molecule has 0 aromatic rings. The van der Waals surface area contributed by atoms with E-state index >= 15 is 0 Å². The lowest BCUT2D eigenvalue weighted by Gasteiger charge is -2.35. The highest BCUT2D eigenvalue weighted by Crippen LogP contribution is 2.31. The predicted octanol–water partition coefficient (Wildman–Crippen LogP) is 3.47. The van der Waals surface area contributed by atoms with Crippen LogP contribution in [0.3, 0.4) is 0 Å². The molecule has 0 unspecified atom stereocenters. The largest absolute Gasteiger partial charge is 0.390 e. The predicted molar refractivity (Wildman–Crippen MR) is 58.7 cm³/mol. The molecular formula is C12H26O. The molecule has 0 bridgehead atoms. The van der Waals surface area contributed by atoms with E-state index in [1.54, 1.807) is 0 Å². The highest BCUT2D eigenvalue weighted by Gasteiger charge is 2.32. The fraction of sp³-hybridized carbons (Fsp3) is 1.00. The first kappa shape index (κ1) is 13.0.